The van der Waals surface area contributed by atoms with Gasteiger partial charge in [0.05, 0.1) is 6.61 Å². The highest BCUT2D eigenvalue weighted by Crippen LogP contribution is 2.19. The number of carbonyl (C=O) groups is 4. The van der Waals surface area contributed by atoms with Crippen molar-refractivity contribution in [3.8, 4) is 0 Å². The molecule has 2 amide bonds. The van der Waals surface area contributed by atoms with E-state index in [0.29, 0.717) is 12.8 Å². The second-order valence-corrected chi connectivity index (χ2v) is 5.31. The maximum atomic E-state index is 12.5. The maximum Gasteiger partial charge on any atom is 0.326 e. The molecule has 10 heteroatoms. The van der Waals surface area contributed by atoms with E-state index in [2.05, 4.69) is 5.32 Å². The molecule has 1 aliphatic rings. The molecule has 1 rings (SSSR count). The van der Waals surface area contributed by atoms with Crippen LogP contribution in [0.4, 0.5) is 0 Å². The van der Waals surface area contributed by atoms with Crippen LogP contribution in [0.15, 0.2) is 0 Å². The van der Waals surface area contributed by atoms with Crippen molar-refractivity contribution in [3.05, 3.63) is 0 Å². The van der Waals surface area contributed by atoms with Crippen LogP contribution in [0.3, 0.4) is 0 Å². The van der Waals surface area contributed by atoms with Gasteiger partial charge in [-0.15, -0.1) is 0 Å². The normalized spacial score (nSPS) is 19.9. The fourth-order valence-electron chi connectivity index (χ4n) is 2.37. The van der Waals surface area contributed by atoms with Crippen molar-refractivity contribution in [1.29, 1.82) is 0 Å². The van der Waals surface area contributed by atoms with E-state index in [1.54, 1.807) is 0 Å². The molecule has 23 heavy (non-hydrogen) atoms. The smallest absolute Gasteiger partial charge is 0.326 e. The van der Waals surface area contributed by atoms with Crippen molar-refractivity contribution in [2.45, 2.75) is 43.8 Å². The first-order chi connectivity index (χ1) is 10.8. The number of amides is 2. The highest BCUT2D eigenvalue weighted by atomic mass is 16.4. The number of aliphatic hydroxyl groups is 1. The van der Waals surface area contributed by atoms with Crippen LogP contribution in [0.5, 0.6) is 0 Å². The SMILES string of the molecule is N[C@@H](CO)C(=O)N[C@@H](CCC(=O)O)C(=O)N1CCC[C@@H]1C(=O)O. The molecule has 0 radical (unpaired) electrons. The molecule has 0 saturated carbocycles. The summed E-state index contributed by atoms with van der Waals surface area (Å²) in [4.78, 5) is 47.2. The number of nitrogens with zero attached hydrogens (tertiary/aromatic N) is 1. The van der Waals surface area contributed by atoms with Crippen molar-refractivity contribution in [1.82, 2.24) is 10.2 Å². The first-order valence-corrected chi connectivity index (χ1v) is 7.19. The van der Waals surface area contributed by atoms with Crippen LogP contribution in [-0.2, 0) is 19.2 Å². The zero-order chi connectivity index (χ0) is 17.6. The number of carboxylic acids is 2. The summed E-state index contributed by atoms with van der Waals surface area (Å²) in [5.41, 5.74) is 5.35. The van der Waals surface area contributed by atoms with Gasteiger partial charge < -0.3 is 31.3 Å². The summed E-state index contributed by atoms with van der Waals surface area (Å²) in [5, 5.41) is 29.0. The lowest BCUT2D eigenvalue weighted by molar-refractivity contribution is -0.150. The average Bonchev–Trinajstić information content (AvgIpc) is 2.99. The van der Waals surface area contributed by atoms with Crippen molar-refractivity contribution < 1.29 is 34.5 Å². The van der Waals surface area contributed by atoms with Gasteiger partial charge in [0.1, 0.15) is 18.1 Å². The summed E-state index contributed by atoms with van der Waals surface area (Å²) in [6.45, 7) is -0.408. The molecule has 10 nitrogen and oxygen atoms in total. The monoisotopic (exact) mass is 331 g/mol. The second-order valence-electron chi connectivity index (χ2n) is 5.31. The largest absolute Gasteiger partial charge is 0.481 e. The number of rotatable bonds is 8. The first-order valence-electron chi connectivity index (χ1n) is 7.19. The van der Waals surface area contributed by atoms with Gasteiger partial charge in [-0.3, -0.25) is 14.4 Å². The number of likely N-dealkylation sites (tertiary alicyclic amines) is 1. The van der Waals surface area contributed by atoms with Crippen LogP contribution in [0, 0.1) is 0 Å². The predicted octanol–water partition coefficient (Wildman–Crippen LogP) is -2.27. The van der Waals surface area contributed by atoms with E-state index < -0.39 is 48.5 Å². The fraction of sp³-hybridized carbons (Fsp3) is 0.692. The van der Waals surface area contributed by atoms with Gasteiger partial charge in [-0.25, -0.2) is 4.79 Å². The van der Waals surface area contributed by atoms with Gasteiger partial charge in [-0.1, -0.05) is 0 Å². The number of hydrogen-bond donors (Lipinski definition) is 5. The van der Waals surface area contributed by atoms with E-state index in [0.717, 1.165) is 4.90 Å². The molecule has 1 fully saturated rings. The molecule has 0 aliphatic carbocycles. The fourth-order valence-corrected chi connectivity index (χ4v) is 2.37. The van der Waals surface area contributed by atoms with E-state index in [9.17, 15) is 19.2 Å². The summed E-state index contributed by atoms with van der Waals surface area (Å²) in [6, 6.07) is -3.43. The standard InChI is InChI=1S/C13H21N3O7/c14-7(6-17)11(20)15-8(3-4-10(18)19)12(21)16-5-1-2-9(16)13(22)23/h7-9,17H,1-6,14H2,(H,15,20)(H,18,19)(H,22,23)/t7-,8-,9+/m0/s1. The van der Waals surface area contributed by atoms with Gasteiger partial charge in [-0.05, 0) is 19.3 Å². The quantitative estimate of drug-likeness (QED) is 0.331. The van der Waals surface area contributed by atoms with Crippen molar-refractivity contribution in [3.63, 3.8) is 0 Å². The van der Waals surface area contributed by atoms with Crippen molar-refractivity contribution >= 4 is 23.8 Å². The molecule has 1 saturated heterocycles. The topological polar surface area (TPSA) is 170 Å². The molecule has 130 valence electrons. The number of carbonyl (C=O) groups excluding carboxylic acids is 2. The number of carboxylic acid groups (broad SMARTS) is 2. The maximum absolute atomic E-state index is 12.5. The Bertz CT molecular complexity index is 482. The summed E-state index contributed by atoms with van der Waals surface area (Å²) < 4.78 is 0. The number of aliphatic hydroxyl groups excluding tert-OH is 1. The molecule has 0 aromatic rings. The molecule has 0 spiro atoms. The zero-order valence-electron chi connectivity index (χ0n) is 12.5. The van der Waals surface area contributed by atoms with Crippen LogP contribution in [0.2, 0.25) is 0 Å². The van der Waals surface area contributed by atoms with Crippen LogP contribution < -0.4 is 11.1 Å². The highest BCUT2D eigenvalue weighted by molar-refractivity contribution is 5.92. The lowest BCUT2D eigenvalue weighted by atomic mass is 10.1. The van der Waals surface area contributed by atoms with Gasteiger partial charge in [0, 0.05) is 13.0 Å². The highest BCUT2D eigenvalue weighted by Gasteiger charge is 2.37. The molecule has 1 heterocycles. The molecule has 0 aromatic carbocycles. The third-order valence-electron chi connectivity index (χ3n) is 3.62. The Labute approximate surface area is 132 Å². The minimum absolute atomic E-state index is 0.194. The molecule has 0 bridgehead atoms. The van der Waals surface area contributed by atoms with E-state index in [4.69, 9.17) is 21.1 Å². The Kier molecular flexibility index (Phi) is 6.91. The van der Waals surface area contributed by atoms with E-state index in [1.165, 1.54) is 0 Å². The molecule has 0 aromatic heterocycles. The molecule has 1 aliphatic heterocycles. The van der Waals surface area contributed by atoms with Gasteiger partial charge in [0.2, 0.25) is 11.8 Å². The van der Waals surface area contributed by atoms with Gasteiger partial charge in [0.15, 0.2) is 0 Å². The molecular weight excluding hydrogens is 310 g/mol. The lowest BCUT2D eigenvalue weighted by Crippen LogP contribution is -2.55. The second kappa shape index (κ2) is 8.44. The Morgan fingerprint density at radius 3 is 2.43 bits per heavy atom. The molecular formula is C13H21N3O7. The molecule has 3 atom stereocenters. The Hall–Kier alpha value is -2.20. The van der Waals surface area contributed by atoms with Crippen LogP contribution in [0.25, 0.3) is 0 Å². The Morgan fingerprint density at radius 2 is 1.91 bits per heavy atom. The summed E-state index contributed by atoms with van der Waals surface area (Å²) in [6.07, 6.45) is 0.243. The van der Waals surface area contributed by atoms with Crippen LogP contribution in [0.1, 0.15) is 25.7 Å². The third-order valence-corrected chi connectivity index (χ3v) is 3.62. The molecule has 0 unspecified atom stereocenters. The average molecular weight is 331 g/mol. The van der Waals surface area contributed by atoms with Crippen molar-refractivity contribution in [2.75, 3.05) is 13.2 Å². The Balaban J connectivity index is 2.84. The van der Waals surface area contributed by atoms with E-state index in [-0.39, 0.29) is 19.4 Å². The number of aliphatic carboxylic acids is 2. The van der Waals surface area contributed by atoms with Gasteiger partial charge in [0.25, 0.3) is 0 Å². The minimum Gasteiger partial charge on any atom is -0.481 e. The van der Waals surface area contributed by atoms with E-state index in [1.807, 2.05) is 0 Å². The number of nitrogens with two attached hydrogens (primary N) is 1. The summed E-state index contributed by atoms with van der Waals surface area (Å²) >= 11 is 0. The zero-order valence-corrected chi connectivity index (χ0v) is 12.5. The summed E-state index contributed by atoms with van der Waals surface area (Å²) in [5.74, 6) is -3.76. The lowest BCUT2D eigenvalue weighted by Gasteiger charge is -2.27. The third kappa shape index (κ3) is 5.18. The van der Waals surface area contributed by atoms with Crippen LogP contribution >= 0.6 is 0 Å². The van der Waals surface area contributed by atoms with Crippen molar-refractivity contribution in [2.24, 2.45) is 5.73 Å². The van der Waals surface area contributed by atoms with Gasteiger partial charge >= 0.3 is 11.9 Å². The molecule has 6 N–H and O–H groups in total. The predicted molar refractivity (Wildman–Crippen MR) is 76.2 cm³/mol. The van der Waals surface area contributed by atoms with E-state index >= 15 is 0 Å². The Morgan fingerprint density at radius 1 is 1.26 bits per heavy atom. The van der Waals surface area contributed by atoms with Gasteiger partial charge in [-0.2, -0.15) is 0 Å². The first kappa shape index (κ1) is 18.8. The summed E-state index contributed by atoms with van der Waals surface area (Å²) in [7, 11) is 0. The number of nitrogens with one attached hydrogen (secondary N) is 1. The number of hydrogen-bond acceptors (Lipinski definition) is 6. The van der Waals surface area contributed by atoms with Crippen LogP contribution in [-0.4, -0.2) is 75.2 Å². The minimum atomic E-state index is -1.25.